The lowest BCUT2D eigenvalue weighted by Gasteiger charge is -2.07. The molecule has 1 amide bonds. The summed E-state index contributed by atoms with van der Waals surface area (Å²) in [5, 5.41) is 4.76. The monoisotopic (exact) mass is 350 g/mol. The van der Waals surface area contributed by atoms with E-state index in [0.29, 0.717) is 21.4 Å². The Kier molecular flexibility index (Phi) is 6.02. The van der Waals surface area contributed by atoms with Crippen LogP contribution >= 0.6 is 23.2 Å². The van der Waals surface area contributed by atoms with Crippen molar-refractivity contribution in [3.63, 3.8) is 0 Å². The van der Waals surface area contributed by atoms with Crippen molar-refractivity contribution in [2.75, 3.05) is 6.61 Å². The van der Waals surface area contributed by atoms with Crippen LogP contribution in [0.5, 0.6) is 5.75 Å². The van der Waals surface area contributed by atoms with E-state index in [2.05, 4.69) is 10.5 Å². The molecule has 0 unspecified atom stereocenters. The van der Waals surface area contributed by atoms with Crippen molar-refractivity contribution in [1.82, 2.24) is 5.43 Å². The Balaban J connectivity index is 1.89. The summed E-state index contributed by atoms with van der Waals surface area (Å²) in [6.45, 7) is 3.81. The molecule has 0 saturated carbocycles. The average Bonchev–Trinajstić information content (AvgIpc) is 2.47. The summed E-state index contributed by atoms with van der Waals surface area (Å²) in [6, 6.07) is 10.9. The normalized spacial score (nSPS) is 10.8. The lowest BCUT2D eigenvalue weighted by Crippen LogP contribution is -2.24. The van der Waals surface area contributed by atoms with E-state index < -0.39 is 0 Å². The lowest BCUT2D eigenvalue weighted by atomic mass is 10.1. The Bertz CT molecular complexity index is 705. The maximum atomic E-state index is 11.7. The third-order valence-electron chi connectivity index (χ3n) is 2.95. The minimum Gasteiger partial charge on any atom is -0.484 e. The van der Waals surface area contributed by atoms with E-state index >= 15 is 0 Å². The zero-order valence-corrected chi connectivity index (χ0v) is 14.3. The summed E-state index contributed by atoms with van der Waals surface area (Å²) in [5.41, 5.74) is 5.07. The Morgan fingerprint density at radius 2 is 1.78 bits per heavy atom. The summed E-state index contributed by atoms with van der Waals surface area (Å²) >= 11 is 12.0. The number of ether oxygens (including phenoxy) is 1. The maximum absolute atomic E-state index is 11.7. The molecule has 0 atom stereocenters. The fourth-order valence-electron chi connectivity index (χ4n) is 2.00. The first-order valence-electron chi connectivity index (χ1n) is 6.92. The van der Waals surface area contributed by atoms with Gasteiger partial charge < -0.3 is 4.74 Å². The van der Waals surface area contributed by atoms with Crippen molar-refractivity contribution < 1.29 is 9.53 Å². The van der Waals surface area contributed by atoms with Crippen LogP contribution in [0.4, 0.5) is 0 Å². The lowest BCUT2D eigenvalue weighted by molar-refractivity contribution is -0.123. The van der Waals surface area contributed by atoms with Crippen LogP contribution in [0.3, 0.4) is 0 Å². The summed E-state index contributed by atoms with van der Waals surface area (Å²) < 4.78 is 5.44. The van der Waals surface area contributed by atoms with Crippen LogP contribution in [0.1, 0.15) is 16.7 Å². The maximum Gasteiger partial charge on any atom is 0.277 e. The Morgan fingerprint density at radius 1 is 1.17 bits per heavy atom. The number of benzene rings is 2. The Hall–Kier alpha value is -2.04. The van der Waals surface area contributed by atoms with Crippen molar-refractivity contribution in [3.05, 3.63) is 63.1 Å². The van der Waals surface area contributed by atoms with Gasteiger partial charge in [0.25, 0.3) is 5.91 Å². The highest BCUT2D eigenvalue weighted by Crippen LogP contribution is 2.22. The molecule has 2 aromatic carbocycles. The smallest absolute Gasteiger partial charge is 0.277 e. The minimum atomic E-state index is -0.372. The van der Waals surface area contributed by atoms with Gasteiger partial charge in [-0.05, 0) is 49.2 Å². The summed E-state index contributed by atoms with van der Waals surface area (Å²) in [5.74, 6) is 0.277. The second-order valence-corrected chi connectivity index (χ2v) is 5.86. The minimum absolute atomic E-state index is 0.128. The van der Waals surface area contributed by atoms with Gasteiger partial charge in [0.05, 0.1) is 16.3 Å². The van der Waals surface area contributed by atoms with Gasteiger partial charge >= 0.3 is 0 Å². The molecule has 0 spiro atoms. The molecule has 0 fully saturated rings. The molecule has 0 aromatic heterocycles. The number of carbonyl (C=O) groups excluding carboxylic acids is 1. The van der Waals surface area contributed by atoms with E-state index in [0.717, 1.165) is 11.1 Å². The van der Waals surface area contributed by atoms with Crippen LogP contribution in [0, 0.1) is 13.8 Å². The SMILES string of the molecule is Cc1cc(C)cc(OCC(=O)N/N=C/c2c(Cl)cccc2Cl)c1. The second-order valence-electron chi connectivity index (χ2n) is 5.04. The van der Waals surface area contributed by atoms with Gasteiger partial charge in [-0.3, -0.25) is 4.79 Å². The van der Waals surface area contributed by atoms with Gasteiger partial charge in [0.1, 0.15) is 5.75 Å². The number of aryl methyl sites for hydroxylation is 2. The van der Waals surface area contributed by atoms with Crippen LogP contribution in [-0.2, 0) is 4.79 Å². The molecular formula is C17H16Cl2N2O2. The van der Waals surface area contributed by atoms with Crippen molar-refractivity contribution in [2.45, 2.75) is 13.8 Å². The topological polar surface area (TPSA) is 50.7 Å². The molecule has 2 aromatic rings. The highest BCUT2D eigenvalue weighted by Gasteiger charge is 2.04. The number of rotatable bonds is 5. The van der Waals surface area contributed by atoms with Gasteiger partial charge in [0.15, 0.2) is 6.61 Å². The van der Waals surface area contributed by atoms with Gasteiger partial charge in [-0.2, -0.15) is 5.10 Å². The summed E-state index contributed by atoms with van der Waals surface area (Å²) in [7, 11) is 0. The number of hydrogen-bond donors (Lipinski definition) is 1. The van der Waals surface area contributed by atoms with E-state index in [1.54, 1.807) is 18.2 Å². The zero-order chi connectivity index (χ0) is 16.8. The predicted molar refractivity (Wildman–Crippen MR) is 93.6 cm³/mol. The third-order valence-corrected chi connectivity index (χ3v) is 3.61. The number of halogens is 2. The van der Waals surface area contributed by atoms with Gasteiger partial charge in [-0.15, -0.1) is 0 Å². The molecule has 0 bridgehead atoms. The van der Waals surface area contributed by atoms with Crippen LogP contribution in [-0.4, -0.2) is 18.7 Å². The summed E-state index contributed by atoms with van der Waals surface area (Å²) in [4.78, 5) is 11.7. The fourth-order valence-corrected chi connectivity index (χ4v) is 2.50. The van der Waals surface area contributed by atoms with E-state index in [1.165, 1.54) is 6.21 Å². The standard InChI is InChI=1S/C17H16Cl2N2O2/c1-11-6-12(2)8-13(7-11)23-10-17(22)21-20-9-14-15(18)4-3-5-16(14)19/h3-9H,10H2,1-2H3,(H,21,22)/b20-9+. The Labute approximate surface area is 145 Å². The molecule has 0 aliphatic heterocycles. The number of amides is 1. The molecule has 4 nitrogen and oxygen atoms in total. The molecule has 23 heavy (non-hydrogen) atoms. The molecule has 0 saturated heterocycles. The first-order valence-corrected chi connectivity index (χ1v) is 7.68. The number of hydrazone groups is 1. The van der Waals surface area contributed by atoms with E-state index in [9.17, 15) is 4.79 Å². The quantitative estimate of drug-likeness (QED) is 0.650. The van der Waals surface area contributed by atoms with Crippen LogP contribution < -0.4 is 10.2 Å². The van der Waals surface area contributed by atoms with Crippen LogP contribution in [0.2, 0.25) is 10.0 Å². The number of nitrogens with zero attached hydrogens (tertiary/aromatic N) is 1. The number of carbonyl (C=O) groups is 1. The first kappa shape index (κ1) is 17.3. The molecule has 0 heterocycles. The van der Waals surface area contributed by atoms with Crippen LogP contribution in [0.25, 0.3) is 0 Å². The van der Waals surface area contributed by atoms with Crippen molar-refractivity contribution in [3.8, 4) is 5.75 Å². The molecule has 2 rings (SSSR count). The van der Waals surface area contributed by atoms with Crippen LogP contribution in [0.15, 0.2) is 41.5 Å². The predicted octanol–water partition coefficient (Wildman–Crippen LogP) is 4.14. The molecular weight excluding hydrogens is 335 g/mol. The molecule has 0 aliphatic carbocycles. The first-order chi connectivity index (χ1) is 11.0. The average molecular weight is 351 g/mol. The number of hydrogen-bond acceptors (Lipinski definition) is 3. The molecule has 0 aliphatic rings. The number of nitrogens with one attached hydrogen (secondary N) is 1. The largest absolute Gasteiger partial charge is 0.484 e. The van der Waals surface area contributed by atoms with Crippen molar-refractivity contribution in [2.24, 2.45) is 5.10 Å². The zero-order valence-electron chi connectivity index (χ0n) is 12.8. The second kappa shape index (κ2) is 7.99. The van der Waals surface area contributed by atoms with Gasteiger partial charge in [-0.1, -0.05) is 35.3 Å². The molecule has 120 valence electrons. The van der Waals surface area contributed by atoms with Gasteiger partial charge in [-0.25, -0.2) is 5.43 Å². The van der Waals surface area contributed by atoms with E-state index in [4.69, 9.17) is 27.9 Å². The Morgan fingerprint density at radius 3 is 2.39 bits per heavy atom. The highest BCUT2D eigenvalue weighted by molar-refractivity contribution is 6.38. The van der Waals surface area contributed by atoms with Crippen molar-refractivity contribution >= 4 is 35.3 Å². The molecule has 0 radical (unpaired) electrons. The van der Waals surface area contributed by atoms with Gasteiger partial charge in [0, 0.05) is 5.56 Å². The molecule has 1 N–H and O–H groups in total. The van der Waals surface area contributed by atoms with E-state index in [-0.39, 0.29) is 12.5 Å². The highest BCUT2D eigenvalue weighted by atomic mass is 35.5. The van der Waals surface area contributed by atoms with Crippen molar-refractivity contribution in [1.29, 1.82) is 0 Å². The van der Waals surface area contributed by atoms with Gasteiger partial charge in [0.2, 0.25) is 0 Å². The summed E-state index contributed by atoms with van der Waals surface area (Å²) in [6.07, 6.45) is 1.40. The molecule has 6 heteroatoms. The fraction of sp³-hybridized carbons (Fsp3) is 0.176. The van der Waals surface area contributed by atoms with E-state index in [1.807, 2.05) is 32.0 Å². The third kappa shape index (κ3) is 5.27.